The summed E-state index contributed by atoms with van der Waals surface area (Å²) in [6.45, 7) is 3.38. The average Bonchev–Trinajstić information content (AvgIpc) is 2.22. The number of halogens is 3. The van der Waals surface area contributed by atoms with Crippen molar-refractivity contribution in [1.82, 2.24) is 4.98 Å². The second kappa shape index (κ2) is 5.91. The zero-order valence-electron chi connectivity index (χ0n) is 9.47. The molecule has 94 valence electrons. The first-order chi connectivity index (χ1) is 7.97. The van der Waals surface area contributed by atoms with Crippen LogP contribution in [0, 0.1) is 6.92 Å². The van der Waals surface area contributed by atoms with Crippen LogP contribution in [0.25, 0.3) is 0 Å². The van der Waals surface area contributed by atoms with Gasteiger partial charge in [-0.3, -0.25) is 9.78 Å². The van der Waals surface area contributed by atoms with Gasteiger partial charge in [-0.2, -0.15) is 0 Å². The number of rotatable bonds is 4. The fraction of sp³-hybridized carbons (Fsp3) is 0.455. The quantitative estimate of drug-likeness (QED) is 0.784. The molecule has 1 aromatic heterocycles. The highest BCUT2D eigenvalue weighted by atomic mass is 35.5. The number of aromatic nitrogens is 1. The van der Waals surface area contributed by atoms with Gasteiger partial charge in [0.15, 0.2) is 0 Å². The molecular weight excluding hydrogens is 252 g/mol. The highest BCUT2D eigenvalue weighted by molar-refractivity contribution is 6.32. The molecule has 3 nitrogen and oxygen atoms in total. The SMILES string of the molecule is CCOC(=O)Cc1ncc(C)c(C(F)F)c1Cl. The smallest absolute Gasteiger partial charge is 0.311 e. The first kappa shape index (κ1) is 13.8. The first-order valence-corrected chi connectivity index (χ1v) is 5.42. The number of nitrogens with zero attached hydrogens (tertiary/aromatic N) is 1. The van der Waals surface area contributed by atoms with Gasteiger partial charge in [-0.05, 0) is 19.4 Å². The number of ether oxygens (including phenoxy) is 1. The maximum Gasteiger partial charge on any atom is 0.311 e. The second-order valence-electron chi connectivity index (χ2n) is 3.40. The third kappa shape index (κ3) is 3.36. The minimum atomic E-state index is -2.69. The summed E-state index contributed by atoms with van der Waals surface area (Å²) in [6.07, 6.45) is -1.61. The van der Waals surface area contributed by atoms with Crippen molar-refractivity contribution in [1.29, 1.82) is 0 Å². The lowest BCUT2D eigenvalue weighted by atomic mass is 10.1. The van der Waals surface area contributed by atoms with Crippen LogP contribution in [0.1, 0.15) is 30.2 Å². The van der Waals surface area contributed by atoms with Gasteiger partial charge in [0.05, 0.1) is 23.7 Å². The predicted molar refractivity (Wildman–Crippen MR) is 59.3 cm³/mol. The van der Waals surface area contributed by atoms with Gasteiger partial charge in [-0.25, -0.2) is 8.78 Å². The molecule has 0 unspecified atom stereocenters. The Bertz CT molecular complexity index is 424. The molecule has 6 heteroatoms. The summed E-state index contributed by atoms with van der Waals surface area (Å²) in [5.41, 5.74) is 0.143. The molecule has 0 spiro atoms. The first-order valence-electron chi connectivity index (χ1n) is 5.05. The minimum Gasteiger partial charge on any atom is -0.466 e. The number of aryl methyl sites for hydroxylation is 1. The Hall–Kier alpha value is -1.23. The van der Waals surface area contributed by atoms with E-state index in [9.17, 15) is 13.6 Å². The van der Waals surface area contributed by atoms with Crippen LogP contribution in [0.15, 0.2) is 6.20 Å². The molecule has 0 fully saturated rings. The molecular formula is C11H12ClF2NO2. The summed E-state index contributed by atoms with van der Waals surface area (Å²) in [7, 11) is 0. The highest BCUT2D eigenvalue weighted by Gasteiger charge is 2.20. The number of hydrogen-bond acceptors (Lipinski definition) is 3. The standard InChI is InChI=1S/C11H12ClF2NO2/c1-3-17-8(16)4-7-10(12)9(11(13)14)6(2)5-15-7/h5,11H,3-4H2,1-2H3. The van der Waals surface area contributed by atoms with Crippen LogP contribution < -0.4 is 0 Å². The van der Waals surface area contributed by atoms with E-state index >= 15 is 0 Å². The normalized spacial score (nSPS) is 10.7. The van der Waals surface area contributed by atoms with Crippen LogP contribution in [0.4, 0.5) is 8.78 Å². The van der Waals surface area contributed by atoms with Crippen LogP contribution in [0.5, 0.6) is 0 Å². The van der Waals surface area contributed by atoms with Crippen molar-refractivity contribution in [2.75, 3.05) is 6.61 Å². The molecule has 1 heterocycles. The van der Waals surface area contributed by atoms with Gasteiger partial charge in [0, 0.05) is 11.8 Å². The highest BCUT2D eigenvalue weighted by Crippen LogP contribution is 2.31. The largest absolute Gasteiger partial charge is 0.466 e. The van der Waals surface area contributed by atoms with Crippen molar-refractivity contribution >= 4 is 17.6 Å². The van der Waals surface area contributed by atoms with E-state index in [0.717, 1.165) is 0 Å². The van der Waals surface area contributed by atoms with E-state index in [4.69, 9.17) is 16.3 Å². The fourth-order valence-corrected chi connectivity index (χ4v) is 1.72. The molecule has 0 N–H and O–H groups in total. The summed E-state index contributed by atoms with van der Waals surface area (Å²) >= 11 is 5.80. The van der Waals surface area contributed by atoms with Gasteiger partial charge in [0.1, 0.15) is 0 Å². The van der Waals surface area contributed by atoms with Crippen molar-refractivity contribution in [3.05, 3.63) is 28.0 Å². The molecule has 0 atom stereocenters. The van der Waals surface area contributed by atoms with E-state index in [1.54, 1.807) is 6.92 Å². The molecule has 0 aliphatic heterocycles. The topological polar surface area (TPSA) is 39.2 Å². The van der Waals surface area contributed by atoms with E-state index in [1.165, 1.54) is 13.1 Å². The fourth-order valence-electron chi connectivity index (χ4n) is 1.37. The number of pyridine rings is 1. The summed E-state index contributed by atoms with van der Waals surface area (Å²) in [6, 6.07) is 0. The summed E-state index contributed by atoms with van der Waals surface area (Å²) in [5.74, 6) is -0.536. The predicted octanol–water partition coefficient (Wildman–Crippen LogP) is 3.09. The number of carbonyl (C=O) groups is 1. The number of hydrogen-bond donors (Lipinski definition) is 0. The molecule has 1 rings (SSSR count). The van der Waals surface area contributed by atoms with Gasteiger partial charge < -0.3 is 4.74 Å². The molecule has 0 amide bonds. The lowest BCUT2D eigenvalue weighted by Crippen LogP contribution is -2.10. The third-order valence-electron chi connectivity index (χ3n) is 2.16. The lowest BCUT2D eigenvalue weighted by Gasteiger charge is -2.10. The molecule has 0 aliphatic carbocycles. The lowest BCUT2D eigenvalue weighted by molar-refractivity contribution is -0.142. The van der Waals surface area contributed by atoms with Crippen molar-refractivity contribution in [2.24, 2.45) is 0 Å². The molecule has 0 aliphatic rings. The van der Waals surface area contributed by atoms with E-state index in [1.807, 2.05) is 0 Å². The van der Waals surface area contributed by atoms with Crippen molar-refractivity contribution in [2.45, 2.75) is 26.7 Å². The average molecular weight is 264 g/mol. The Morgan fingerprint density at radius 1 is 1.59 bits per heavy atom. The van der Waals surface area contributed by atoms with Crippen LogP contribution >= 0.6 is 11.6 Å². The van der Waals surface area contributed by atoms with E-state index in [-0.39, 0.29) is 29.3 Å². The Balaban J connectivity index is 3.02. The summed E-state index contributed by atoms with van der Waals surface area (Å²) < 4.78 is 30.2. The zero-order chi connectivity index (χ0) is 13.0. The van der Waals surface area contributed by atoms with Crippen molar-refractivity contribution in [3.8, 4) is 0 Å². The van der Waals surface area contributed by atoms with E-state index in [0.29, 0.717) is 5.56 Å². The van der Waals surface area contributed by atoms with Crippen LogP contribution in [0.2, 0.25) is 5.02 Å². The molecule has 0 saturated heterocycles. The monoisotopic (exact) mass is 263 g/mol. The molecule has 0 bridgehead atoms. The molecule has 17 heavy (non-hydrogen) atoms. The van der Waals surface area contributed by atoms with E-state index in [2.05, 4.69) is 4.98 Å². The number of alkyl halides is 2. The molecule has 0 radical (unpaired) electrons. The summed E-state index contributed by atoms with van der Waals surface area (Å²) in [4.78, 5) is 15.1. The number of esters is 1. The Morgan fingerprint density at radius 3 is 2.76 bits per heavy atom. The van der Waals surface area contributed by atoms with Gasteiger partial charge >= 0.3 is 5.97 Å². The van der Waals surface area contributed by atoms with Crippen LogP contribution in [0.3, 0.4) is 0 Å². The molecule has 0 saturated carbocycles. The Kier molecular flexibility index (Phi) is 4.81. The van der Waals surface area contributed by atoms with Crippen molar-refractivity contribution in [3.63, 3.8) is 0 Å². The van der Waals surface area contributed by atoms with Gasteiger partial charge in [0.25, 0.3) is 6.43 Å². The summed E-state index contributed by atoms with van der Waals surface area (Å²) in [5, 5.41) is -0.159. The molecule has 1 aromatic rings. The van der Waals surface area contributed by atoms with Gasteiger partial charge in [0.2, 0.25) is 0 Å². The third-order valence-corrected chi connectivity index (χ3v) is 2.59. The molecule has 0 aromatic carbocycles. The Labute approximate surface area is 103 Å². The van der Waals surface area contributed by atoms with Gasteiger partial charge in [-0.15, -0.1) is 0 Å². The van der Waals surface area contributed by atoms with Crippen LogP contribution in [-0.4, -0.2) is 17.6 Å². The number of carbonyl (C=O) groups excluding carboxylic acids is 1. The van der Waals surface area contributed by atoms with Gasteiger partial charge in [-0.1, -0.05) is 11.6 Å². The van der Waals surface area contributed by atoms with Crippen LogP contribution in [-0.2, 0) is 16.0 Å². The zero-order valence-corrected chi connectivity index (χ0v) is 10.2. The van der Waals surface area contributed by atoms with E-state index < -0.39 is 12.4 Å². The minimum absolute atomic E-state index is 0.117. The second-order valence-corrected chi connectivity index (χ2v) is 3.78. The maximum atomic E-state index is 12.7. The maximum absolute atomic E-state index is 12.7. The Morgan fingerprint density at radius 2 is 2.24 bits per heavy atom. The van der Waals surface area contributed by atoms with Crippen molar-refractivity contribution < 1.29 is 18.3 Å².